The van der Waals surface area contributed by atoms with Crippen LogP contribution in [0.15, 0.2) is 35.7 Å². The fraction of sp³-hybridized carbons (Fsp3) is 0.0833. The lowest BCUT2D eigenvalue weighted by Crippen LogP contribution is -2.13. The third-order valence-electron chi connectivity index (χ3n) is 2.12. The Morgan fingerprint density at radius 2 is 2.17 bits per heavy atom. The molecule has 0 saturated heterocycles. The number of benzene rings is 1. The third kappa shape index (κ3) is 3.27. The molecule has 2 aromatic rings. The molecule has 18 heavy (non-hydrogen) atoms. The molecule has 0 saturated carbocycles. The zero-order valence-electron chi connectivity index (χ0n) is 9.15. The largest absolute Gasteiger partial charge is 0.444 e. The molecule has 0 atom stereocenters. The number of hydrogen-bond acceptors (Lipinski definition) is 3. The van der Waals surface area contributed by atoms with Gasteiger partial charge < -0.3 is 4.74 Å². The maximum Gasteiger partial charge on any atom is 0.412 e. The fourth-order valence-electron chi connectivity index (χ4n) is 1.27. The second-order valence-electron chi connectivity index (χ2n) is 3.41. The summed E-state index contributed by atoms with van der Waals surface area (Å²) in [7, 11) is 0. The summed E-state index contributed by atoms with van der Waals surface area (Å²) in [5.74, 6) is -1.40. The molecule has 3 nitrogen and oxygen atoms in total. The van der Waals surface area contributed by atoms with Crippen LogP contribution in [0, 0.1) is 11.6 Å². The molecule has 2 rings (SSSR count). The molecule has 0 radical (unpaired) electrons. The van der Waals surface area contributed by atoms with E-state index in [0.29, 0.717) is 5.00 Å². The van der Waals surface area contributed by atoms with Crippen LogP contribution >= 0.6 is 11.3 Å². The van der Waals surface area contributed by atoms with E-state index in [2.05, 4.69) is 5.32 Å². The Kier molecular flexibility index (Phi) is 3.88. The Morgan fingerprint density at radius 1 is 1.33 bits per heavy atom. The van der Waals surface area contributed by atoms with Crippen molar-refractivity contribution in [3.8, 4) is 0 Å². The van der Waals surface area contributed by atoms with Crippen LogP contribution in [-0.2, 0) is 11.3 Å². The normalized spacial score (nSPS) is 10.1. The summed E-state index contributed by atoms with van der Waals surface area (Å²) in [5.41, 5.74) is 0.123. The van der Waals surface area contributed by atoms with Gasteiger partial charge in [0.2, 0.25) is 0 Å². The molecule has 0 bridgehead atoms. The van der Waals surface area contributed by atoms with Gasteiger partial charge in [0.25, 0.3) is 0 Å². The molecule has 0 aliphatic rings. The van der Waals surface area contributed by atoms with Crippen molar-refractivity contribution in [2.24, 2.45) is 0 Å². The van der Waals surface area contributed by atoms with E-state index in [9.17, 15) is 13.6 Å². The maximum atomic E-state index is 13.2. The number of carbonyl (C=O) groups is 1. The van der Waals surface area contributed by atoms with Gasteiger partial charge in [-0.05, 0) is 29.6 Å². The van der Waals surface area contributed by atoms with Gasteiger partial charge in [0.05, 0.1) is 5.00 Å². The van der Waals surface area contributed by atoms with Crippen molar-refractivity contribution in [1.82, 2.24) is 0 Å². The highest BCUT2D eigenvalue weighted by molar-refractivity contribution is 7.14. The molecule has 0 unspecified atom stereocenters. The van der Waals surface area contributed by atoms with E-state index in [1.807, 2.05) is 0 Å². The predicted octanol–water partition coefficient (Wildman–Crippen LogP) is 3.78. The Morgan fingerprint density at radius 3 is 2.83 bits per heavy atom. The van der Waals surface area contributed by atoms with Crippen molar-refractivity contribution in [3.63, 3.8) is 0 Å². The lowest BCUT2D eigenvalue weighted by atomic mass is 10.2. The van der Waals surface area contributed by atoms with Gasteiger partial charge in [-0.2, -0.15) is 0 Å². The lowest BCUT2D eigenvalue weighted by Gasteiger charge is -2.06. The van der Waals surface area contributed by atoms with Gasteiger partial charge in [-0.15, -0.1) is 11.3 Å². The Labute approximate surface area is 106 Å². The van der Waals surface area contributed by atoms with E-state index in [0.717, 1.165) is 12.1 Å². The summed E-state index contributed by atoms with van der Waals surface area (Å²) >= 11 is 1.34. The average Bonchev–Trinajstić information content (AvgIpc) is 2.80. The highest BCUT2D eigenvalue weighted by Crippen LogP contribution is 2.16. The zero-order chi connectivity index (χ0) is 13.0. The first-order valence-corrected chi connectivity index (χ1v) is 5.94. The molecule has 6 heteroatoms. The minimum atomic E-state index is -0.737. The first kappa shape index (κ1) is 12.5. The van der Waals surface area contributed by atoms with Gasteiger partial charge in [-0.25, -0.2) is 13.6 Å². The summed E-state index contributed by atoms with van der Waals surface area (Å²) in [4.78, 5) is 11.3. The van der Waals surface area contributed by atoms with E-state index < -0.39 is 17.7 Å². The number of halogens is 2. The molecular formula is C12H9F2NO2S. The van der Waals surface area contributed by atoms with Crippen LogP contribution in [0.5, 0.6) is 0 Å². The third-order valence-corrected chi connectivity index (χ3v) is 2.91. The zero-order valence-corrected chi connectivity index (χ0v) is 9.97. The molecule has 0 aliphatic heterocycles. The first-order valence-electron chi connectivity index (χ1n) is 5.06. The molecule has 0 spiro atoms. The van der Waals surface area contributed by atoms with Crippen molar-refractivity contribution < 1.29 is 18.3 Å². The SMILES string of the molecule is O=C(Nc1cccs1)OCc1ccc(F)cc1F. The van der Waals surface area contributed by atoms with Crippen molar-refractivity contribution in [2.45, 2.75) is 6.61 Å². The standard InChI is InChI=1S/C12H9F2NO2S/c13-9-4-3-8(10(14)6-9)7-17-12(16)15-11-2-1-5-18-11/h1-6H,7H2,(H,15,16). The van der Waals surface area contributed by atoms with Gasteiger partial charge in [0, 0.05) is 11.6 Å². The van der Waals surface area contributed by atoms with Crippen molar-refractivity contribution >= 4 is 22.4 Å². The highest BCUT2D eigenvalue weighted by atomic mass is 32.1. The van der Waals surface area contributed by atoms with Gasteiger partial charge in [0.15, 0.2) is 0 Å². The summed E-state index contributed by atoms with van der Waals surface area (Å²) < 4.78 is 30.7. The second kappa shape index (κ2) is 5.59. The van der Waals surface area contributed by atoms with Gasteiger partial charge in [0.1, 0.15) is 18.2 Å². The molecule has 0 fully saturated rings. The van der Waals surface area contributed by atoms with Crippen molar-refractivity contribution in [2.75, 3.05) is 5.32 Å². The number of rotatable bonds is 3. The van der Waals surface area contributed by atoms with E-state index in [-0.39, 0.29) is 12.2 Å². The van der Waals surface area contributed by atoms with Crippen LogP contribution in [0.25, 0.3) is 0 Å². The highest BCUT2D eigenvalue weighted by Gasteiger charge is 2.08. The van der Waals surface area contributed by atoms with Crippen molar-refractivity contribution in [1.29, 1.82) is 0 Å². The van der Waals surface area contributed by atoms with Crippen LogP contribution in [0.1, 0.15) is 5.56 Å². The van der Waals surface area contributed by atoms with E-state index in [1.54, 1.807) is 17.5 Å². The van der Waals surface area contributed by atoms with Crippen LogP contribution < -0.4 is 5.32 Å². The minimum Gasteiger partial charge on any atom is -0.444 e. The van der Waals surface area contributed by atoms with Crippen LogP contribution in [-0.4, -0.2) is 6.09 Å². The molecule has 1 aromatic heterocycles. The number of amides is 1. The molecule has 0 aliphatic carbocycles. The molecule has 1 N–H and O–H groups in total. The number of anilines is 1. The first-order chi connectivity index (χ1) is 8.65. The Balaban J connectivity index is 1.89. The van der Waals surface area contributed by atoms with Gasteiger partial charge >= 0.3 is 6.09 Å². The van der Waals surface area contributed by atoms with Crippen LogP contribution in [0.4, 0.5) is 18.6 Å². The molecule has 94 valence electrons. The van der Waals surface area contributed by atoms with Crippen LogP contribution in [0.3, 0.4) is 0 Å². The van der Waals surface area contributed by atoms with Crippen LogP contribution in [0.2, 0.25) is 0 Å². The Hall–Kier alpha value is -1.95. The Bertz CT molecular complexity index is 543. The molecule has 1 heterocycles. The summed E-state index contributed by atoms with van der Waals surface area (Å²) in [6.45, 7) is -0.247. The maximum absolute atomic E-state index is 13.2. The monoisotopic (exact) mass is 269 g/mol. The predicted molar refractivity (Wildman–Crippen MR) is 64.5 cm³/mol. The summed E-state index contributed by atoms with van der Waals surface area (Å²) in [6, 6.07) is 6.59. The van der Waals surface area contributed by atoms with Gasteiger partial charge in [-0.3, -0.25) is 5.32 Å². The second-order valence-corrected chi connectivity index (χ2v) is 4.36. The number of ether oxygens (including phenoxy) is 1. The van der Waals surface area contributed by atoms with E-state index in [1.165, 1.54) is 17.4 Å². The quantitative estimate of drug-likeness (QED) is 0.921. The van der Waals surface area contributed by atoms with Crippen molar-refractivity contribution in [3.05, 3.63) is 52.9 Å². The fourth-order valence-corrected chi connectivity index (χ4v) is 1.87. The summed E-state index contributed by atoms with van der Waals surface area (Å²) in [6.07, 6.45) is -0.679. The number of carbonyl (C=O) groups excluding carboxylic acids is 1. The lowest BCUT2D eigenvalue weighted by molar-refractivity contribution is 0.154. The number of nitrogens with one attached hydrogen (secondary N) is 1. The summed E-state index contributed by atoms with van der Waals surface area (Å²) in [5, 5.41) is 4.92. The molecular weight excluding hydrogens is 260 g/mol. The van der Waals surface area contributed by atoms with Gasteiger partial charge in [-0.1, -0.05) is 0 Å². The smallest absolute Gasteiger partial charge is 0.412 e. The topological polar surface area (TPSA) is 38.3 Å². The average molecular weight is 269 g/mol. The molecule has 1 amide bonds. The number of thiophene rings is 1. The molecule has 1 aromatic carbocycles. The number of hydrogen-bond donors (Lipinski definition) is 1. The minimum absolute atomic E-state index is 0.123. The van der Waals surface area contributed by atoms with E-state index >= 15 is 0 Å². The van der Waals surface area contributed by atoms with E-state index in [4.69, 9.17) is 4.74 Å².